The van der Waals surface area contributed by atoms with Gasteiger partial charge < -0.3 is 9.88 Å². The molecule has 2 heterocycles. The molecule has 0 bridgehead atoms. The molecule has 0 aliphatic carbocycles. The second-order valence-corrected chi connectivity index (χ2v) is 4.94. The Morgan fingerprint density at radius 3 is 2.90 bits per heavy atom. The van der Waals surface area contributed by atoms with E-state index >= 15 is 0 Å². The van der Waals surface area contributed by atoms with Crippen molar-refractivity contribution in [3.05, 3.63) is 66.1 Å². The predicted octanol–water partition coefficient (Wildman–Crippen LogP) is 3.19. The highest BCUT2D eigenvalue weighted by atomic mass is 15.0. The van der Waals surface area contributed by atoms with Gasteiger partial charge in [0.15, 0.2) is 0 Å². The molecule has 0 saturated carbocycles. The van der Waals surface area contributed by atoms with E-state index in [4.69, 9.17) is 0 Å². The first-order valence-corrected chi connectivity index (χ1v) is 7.05. The maximum Gasteiger partial charge on any atom is 0.0491 e. The standard InChI is InChI=1S/C17H19N3/c1-2-18-12-15-6-3-7-17-16(15)8-10-20(17)13-14-5-4-9-19-11-14/h3-11,18H,2,12-13H2,1H3. The highest BCUT2D eigenvalue weighted by Crippen LogP contribution is 2.21. The van der Waals surface area contributed by atoms with Crippen molar-refractivity contribution in [2.24, 2.45) is 0 Å². The summed E-state index contributed by atoms with van der Waals surface area (Å²) in [6, 6.07) is 12.8. The second-order valence-electron chi connectivity index (χ2n) is 4.94. The highest BCUT2D eigenvalue weighted by molar-refractivity contribution is 5.83. The highest BCUT2D eigenvalue weighted by Gasteiger charge is 2.05. The summed E-state index contributed by atoms with van der Waals surface area (Å²) >= 11 is 0. The number of nitrogens with one attached hydrogen (secondary N) is 1. The summed E-state index contributed by atoms with van der Waals surface area (Å²) in [5, 5.41) is 4.73. The van der Waals surface area contributed by atoms with Gasteiger partial charge in [-0.2, -0.15) is 0 Å². The number of hydrogen-bond donors (Lipinski definition) is 1. The Bertz CT molecular complexity index is 686. The quantitative estimate of drug-likeness (QED) is 0.768. The number of pyridine rings is 1. The van der Waals surface area contributed by atoms with E-state index in [1.165, 1.54) is 22.0 Å². The van der Waals surface area contributed by atoms with Crippen molar-refractivity contribution in [2.75, 3.05) is 6.54 Å². The maximum atomic E-state index is 4.18. The molecule has 1 N–H and O–H groups in total. The molecule has 0 saturated heterocycles. The predicted molar refractivity (Wildman–Crippen MR) is 82.7 cm³/mol. The first-order valence-electron chi connectivity index (χ1n) is 7.05. The lowest BCUT2D eigenvalue weighted by atomic mass is 10.1. The van der Waals surface area contributed by atoms with Crippen molar-refractivity contribution in [1.29, 1.82) is 0 Å². The molecule has 0 atom stereocenters. The fourth-order valence-electron chi connectivity index (χ4n) is 2.53. The summed E-state index contributed by atoms with van der Waals surface area (Å²) in [7, 11) is 0. The van der Waals surface area contributed by atoms with E-state index in [9.17, 15) is 0 Å². The van der Waals surface area contributed by atoms with Gasteiger partial charge >= 0.3 is 0 Å². The van der Waals surface area contributed by atoms with Crippen LogP contribution in [0, 0.1) is 0 Å². The van der Waals surface area contributed by atoms with Gasteiger partial charge in [-0.15, -0.1) is 0 Å². The largest absolute Gasteiger partial charge is 0.343 e. The zero-order valence-corrected chi connectivity index (χ0v) is 11.7. The zero-order chi connectivity index (χ0) is 13.8. The van der Waals surface area contributed by atoms with Gasteiger partial charge in [-0.1, -0.05) is 25.1 Å². The third-order valence-corrected chi connectivity index (χ3v) is 3.55. The molecule has 0 aliphatic rings. The molecule has 0 unspecified atom stereocenters. The molecule has 0 aliphatic heterocycles. The van der Waals surface area contributed by atoms with Gasteiger partial charge in [0.05, 0.1) is 0 Å². The molecule has 3 nitrogen and oxygen atoms in total. The van der Waals surface area contributed by atoms with Crippen molar-refractivity contribution in [1.82, 2.24) is 14.9 Å². The summed E-state index contributed by atoms with van der Waals surface area (Å²) in [6.45, 7) is 4.91. The first-order chi connectivity index (χ1) is 9.88. The van der Waals surface area contributed by atoms with Gasteiger partial charge in [0.25, 0.3) is 0 Å². The lowest BCUT2D eigenvalue weighted by molar-refractivity contribution is 0.730. The lowest BCUT2D eigenvalue weighted by Crippen LogP contribution is -2.11. The van der Waals surface area contributed by atoms with Crippen LogP contribution in [0.2, 0.25) is 0 Å². The SMILES string of the molecule is CCNCc1cccc2c1ccn2Cc1cccnc1. The Balaban J connectivity index is 1.93. The topological polar surface area (TPSA) is 29.9 Å². The summed E-state index contributed by atoms with van der Waals surface area (Å²) in [4.78, 5) is 4.18. The molecule has 102 valence electrons. The number of nitrogens with zero attached hydrogens (tertiary/aromatic N) is 2. The van der Waals surface area contributed by atoms with E-state index in [2.05, 4.69) is 58.3 Å². The molecular formula is C17H19N3. The molecule has 1 aromatic carbocycles. The molecule has 0 spiro atoms. The van der Waals surface area contributed by atoms with E-state index in [1.54, 1.807) is 0 Å². The fraction of sp³-hybridized carbons (Fsp3) is 0.235. The van der Waals surface area contributed by atoms with Crippen LogP contribution in [-0.4, -0.2) is 16.1 Å². The molecule has 20 heavy (non-hydrogen) atoms. The number of rotatable bonds is 5. The van der Waals surface area contributed by atoms with Gasteiger partial charge in [0.1, 0.15) is 0 Å². The van der Waals surface area contributed by atoms with Crippen LogP contribution in [0.1, 0.15) is 18.1 Å². The third kappa shape index (κ3) is 2.58. The average Bonchev–Trinajstić information content (AvgIpc) is 2.90. The van der Waals surface area contributed by atoms with Crippen LogP contribution in [0.25, 0.3) is 10.9 Å². The van der Waals surface area contributed by atoms with Crippen LogP contribution < -0.4 is 5.32 Å². The second kappa shape index (κ2) is 5.88. The van der Waals surface area contributed by atoms with Crippen molar-refractivity contribution in [2.45, 2.75) is 20.0 Å². The number of benzene rings is 1. The minimum absolute atomic E-state index is 0.863. The smallest absolute Gasteiger partial charge is 0.0491 e. The van der Waals surface area contributed by atoms with E-state index in [-0.39, 0.29) is 0 Å². The Morgan fingerprint density at radius 2 is 2.10 bits per heavy atom. The van der Waals surface area contributed by atoms with Crippen molar-refractivity contribution >= 4 is 10.9 Å². The molecule has 3 heteroatoms. The maximum absolute atomic E-state index is 4.18. The molecule has 0 fully saturated rings. The van der Waals surface area contributed by atoms with Gasteiger partial charge in [0.2, 0.25) is 0 Å². The molecule has 3 rings (SSSR count). The van der Waals surface area contributed by atoms with E-state index in [0.717, 1.165) is 19.6 Å². The molecule has 0 amide bonds. The number of fused-ring (bicyclic) bond motifs is 1. The Kier molecular flexibility index (Phi) is 3.79. The molecule has 2 aromatic heterocycles. The lowest BCUT2D eigenvalue weighted by Gasteiger charge is -2.07. The number of aromatic nitrogens is 2. The van der Waals surface area contributed by atoms with Crippen LogP contribution in [0.3, 0.4) is 0 Å². The zero-order valence-electron chi connectivity index (χ0n) is 11.7. The fourth-order valence-corrected chi connectivity index (χ4v) is 2.53. The normalized spacial score (nSPS) is 11.1. The van der Waals surface area contributed by atoms with Crippen molar-refractivity contribution < 1.29 is 0 Å². The number of hydrogen-bond acceptors (Lipinski definition) is 2. The Morgan fingerprint density at radius 1 is 1.15 bits per heavy atom. The summed E-state index contributed by atoms with van der Waals surface area (Å²) < 4.78 is 2.28. The van der Waals surface area contributed by atoms with Gasteiger partial charge in [0, 0.05) is 42.6 Å². The monoisotopic (exact) mass is 265 g/mol. The van der Waals surface area contributed by atoms with Gasteiger partial charge in [-0.05, 0) is 35.9 Å². The first kappa shape index (κ1) is 12.9. The van der Waals surface area contributed by atoms with Crippen LogP contribution in [0.5, 0.6) is 0 Å². The Labute approximate surface area is 119 Å². The summed E-state index contributed by atoms with van der Waals surface area (Å²) in [6.07, 6.45) is 5.90. The van der Waals surface area contributed by atoms with Crippen molar-refractivity contribution in [3.8, 4) is 0 Å². The summed E-state index contributed by atoms with van der Waals surface area (Å²) in [5.74, 6) is 0. The van der Waals surface area contributed by atoms with Gasteiger partial charge in [-0.3, -0.25) is 4.98 Å². The molecule has 3 aromatic rings. The minimum atomic E-state index is 0.863. The van der Waals surface area contributed by atoms with Crippen LogP contribution in [-0.2, 0) is 13.1 Å². The van der Waals surface area contributed by atoms with Crippen LogP contribution >= 0.6 is 0 Å². The Hall–Kier alpha value is -2.13. The average molecular weight is 265 g/mol. The third-order valence-electron chi connectivity index (χ3n) is 3.55. The van der Waals surface area contributed by atoms with Gasteiger partial charge in [-0.25, -0.2) is 0 Å². The molecule has 0 radical (unpaired) electrons. The van der Waals surface area contributed by atoms with Crippen LogP contribution in [0.15, 0.2) is 55.0 Å². The minimum Gasteiger partial charge on any atom is -0.343 e. The van der Waals surface area contributed by atoms with Crippen molar-refractivity contribution in [3.63, 3.8) is 0 Å². The van der Waals surface area contributed by atoms with E-state index in [0.29, 0.717) is 0 Å². The van der Waals surface area contributed by atoms with E-state index < -0.39 is 0 Å². The van der Waals surface area contributed by atoms with E-state index in [1.807, 2.05) is 18.5 Å². The molecular weight excluding hydrogens is 246 g/mol. The van der Waals surface area contributed by atoms with Crippen LogP contribution in [0.4, 0.5) is 0 Å². The summed E-state index contributed by atoms with van der Waals surface area (Å²) in [5.41, 5.74) is 3.86.